The van der Waals surface area contributed by atoms with E-state index >= 15 is 0 Å². The van der Waals surface area contributed by atoms with Crippen molar-refractivity contribution in [3.63, 3.8) is 0 Å². The maximum atomic E-state index is 13.1. The van der Waals surface area contributed by atoms with Gasteiger partial charge >= 0.3 is 5.97 Å². The summed E-state index contributed by atoms with van der Waals surface area (Å²) in [4.78, 5) is 24.7. The van der Waals surface area contributed by atoms with E-state index in [1.54, 1.807) is 24.3 Å². The number of benzene rings is 2. The lowest BCUT2D eigenvalue weighted by Gasteiger charge is -2.30. The molecule has 0 bridgehead atoms. The minimum Gasteiger partial charge on any atom is -0.481 e. The first-order valence-electron chi connectivity index (χ1n) is 21.6. The van der Waals surface area contributed by atoms with Gasteiger partial charge in [-0.1, -0.05) is 135 Å². The summed E-state index contributed by atoms with van der Waals surface area (Å²) in [6.45, 7) is 35.9. The highest BCUT2D eigenvalue weighted by Crippen LogP contribution is 2.35. The second-order valence-electron chi connectivity index (χ2n) is 22.2. The maximum Gasteiger partial charge on any atom is 0.306 e. The van der Waals surface area contributed by atoms with Crippen LogP contribution >= 0.6 is 0 Å². The number of hydrogen-bond donors (Lipinski definition) is 5. The van der Waals surface area contributed by atoms with E-state index in [0.29, 0.717) is 28.6 Å². The summed E-state index contributed by atoms with van der Waals surface area (Å²) >= 11 is 0. The Bertz CT molecular complexity index is 1390. The second-order valence-corrected chi connectivity index (χ2v) is 22.2. The molecule has 6 unspecified atom stereocenters. The molecule has 6 atom stereocenters. The van der Waals surface area contributed by atoms with Gasteiger partial charge in [0.25, 0.3) is 0 Å². The van der Waals surface area contributed by atoms with Crippen LogP contribution in [0.1, 0.15) is 173 Å². The van der Waals surface area contributed by atoms with Crippen LogP contribution in [0.2, 0.25) is 0 Å². The molecule has 328 valence electrons. The summed E-state index contributed by atoms with van der Waals surface area (Å²) in [6, 6.07) is 14.6. The van der Waals surface area contributed by atoms with Gasteiger partial charge in [-0.05, 0) is 132 Å². The van der Waals surface area contributed by atoms with Gasteiger partial charge in [-0.2, -0.15) is 0 Å². The Morgan fingerprint density at radius 3 is 1.21 bits per heavy atom. The Kier molecular flexibility index (Phi) is 23.6. The van der Waals surface area contributed by atoms with Gasteiger partial charge in [0.05, 0.1) is 19.1 Å². The molecule has 0 aromatic heterocycles. The largest absolute Gasteiger partial charge is 0.481 e. The molecule has 0 spiro atoms. The van der Waals surface area contributed by atoms with Crippen molar-refractivity contribution in [1.29, 1.82) is 0 Å². The summed E-state index contributed by atoms with van der Waals surface area (Å²) in [5.41, 5.74) is 9.73. The number of aliphatic hydroxyl groups excluding tert-OH is 2. The summed E-state index contributed by atoms with van der Waals surface area (Å²) in [5.74, 6) is 1.10. The molecule has 57 heavy (non-hydrogen) atoms. The van der Waals surface area contributed by atoms with E-state index < -0.39 is 5.97 Å². The summed E-state index contributed by atoms with van der Waals surface area (Å²) in [7, 11) is 0. The van der Waals surface area contributed by atoms with Crippen molar-refractivity contribution in [2.24, 2.45) is 57.2 Å². The van der Waals surface area contributed by atoms with E-state index in [1.807, 2.05) is 24.3 Å². The SMILES string of the molecule is CC(CCC(C(=O)Nc1ccc(CO)cc1)C(C)CC(C)(C)C)CC(C)(C)C.CC(CCC(C(=O)O)C(C)CC(C)(C)C)CC(C)(C)C.Nc1ccc(CO)cc1. The molecule has 0 fully saturated rings. The lowest BCUT2D eigenvalue weighted by atomic mass is 9.76. The molecule has 0 aliphatic heterocycles. The maximum absolute atomic E-state index is 13.1. The van der Waals surface area contributed by atoms with Crippen LogP contribution in [-0.4, -0.2) is 27.2 Å². The molecule has 1 amide bonds. The van der Waals surface area contributed by atoms with E-state index in [2.05, 4.69) is 116 Å². The van der Waals surface area contributed by atoms with Crippen LogP contribution in [0.4, 0.5) is 11.4 Å². The van der Waals surface area contributed by atoms with Gasteiger partial charge in [-0.3, -0.25) is 9.59 Å². The Morgan fingerprint density at radius 1 is 0.544 bits per heavy atom. The number of rotatable bonds is 17. The smallest absolute Gasteiger partial charge is 0.306 e. The number of nitrogens with two attached hydrogens (primary N) is 1. The predicted octanol–water partition coefficient (Wildman–Crippen LogP) is 13.0. The number of carboxylic acid groups (broad SMARTS) is 1. The number of carbonyl (C=O) groups is 2. The van der Waals surface area contributed by atoms with Gasteiger partial charge in [-0.15, -0.1) is 0 Å². The minimum atomic E-state index is -0.621. The van der Waals surface area contributed by atoms with Crippen LogP contribution in [0, 0.1) is 57.2 Å². The number of amides is 1. The predicted molar refractivity (Wildman–Crippen MR) is 244 cm³/mol. The number of carbonyl (C=O) groups excluding carboxylic acids is 1. The van der Waals surface area contributed by atoms with Crippen molar-refractivity contribution in [2.75, 3.05) is 11.1 Å². The normalized spacial score (nSPS) is 15.4. The van der Waals surface area contributed by atoms with E-state index in [-0.39, 0.29) is 47.7 Å². The molecule has 7 heteroatoms. The van der Waals surface area contributed by atoms with E-state index in [0.717, 1.165) is 67.4 Å². The molecular formula is C50H88N2O5. The second kappa shape index (κ2) is 24.9. The fourth-order valence-corrected chi connectivity index (χ4v) is 8.32. The Labute approximate surface area is 350 Å². The topological polar surface area (TPSA) is 133 Å². The first-order valence-corrected chi connectivity index (χ1v) is 21.6. The van der Waals surface area contributed by atoms with Crippen molar-refractivity contribution in [2.45, 2.75) is 175 Å². The number of anilines is 2. The fourth-order valence-electron chi connectivity index (χ4n) is 8.32. The van der Waals surface area contributed by atoms with E-state index in [4.69, 9.17) is 10.8 Å². The van der Waals surface area contributed by atoms with Crippen molar-refractivity contribution < 1.29 is 24.9 Å². The van der Waals surface area contributed by atoms with Crippen LogP contribution in [0.25, 0.3) is 0 Å². The third-order valence-corrected chi connectivity index (χ3v) is 10.3. The molecule has 2 rings (SSSR count). The fraction of sp³-hybridized carbons (Fsp3) is 0.720. The number of aliphatic hydroxyl groups is 2. The molecule has 6 N–H and O–H groups in total. The third-order valence-electron chi connectivity index (χ3n) is 10.3. The van der Waals surface area contributed by atoms with Crippen LogP contribution in [-0.2, 0) is 22.8 Å². The van der Waals surface area contributed by atoms with Crippen LogP contribution in [0.5, 0.6) is 0 Å². The minimum absolute atomic E-state index is 0.0131. The molecule has 7 nitrogen and oxygen atoms in total. The van der Waals surface area contributed by atoms with Crippen LogP contribution in [0.15, 0.2) is 48.5 Å². The highest BCUT2D eigenvalue weighted by molar-refractivity contribution is 5.92. The molecule has 0 aliphatic rings. The zero-order valence-corrected chi connectivity index (χ0v) is 39.4. The summed E-state index contributed by atoms with van der Waals surface area (Å²) in [5, 5.41) is 30.4. The number of carboxylic acids is 1. The Morgan fingerprint density at radius 2 is 0.877 bits per heavy atom. The van der Waals surface area contributed by atoms with E-state index in [1.165, 1.54) is 6.42 Å². The molecule has 0 radical (unpaired) electrons. The molecule has 0 saturated heterocycles. The van der Waals surface area contributed by atoms with Gasteiger partial charge < -0.3 is 26.4 Å². The molecular weight excluding hydrogens is 709 g/mol. The van der Waals surface area contributed by atoms with Crippen molar-refractivity contribution in [3.05, 3.63) is 59.7 Å². The average molecular weight is 797 g/mol. The van der Waals surface area contributed by atoms with E-state index in [9.17, 15) is 19.8 Å². The molecule has 0 heterocycles. The third kappa shape index (κ3) is 27.4. The van der Waals surface area contributed by atoms with Crippen molar-refractivity contribution >= 4 is 23.3 Å². The Hall–Kier alpha value is -2.90. The highest BCUT2D eigenvalue weighted by atomic mass is 16.4. The quantitative estimate of drug-likeness (QED) is 0.101. The lowest BCUT2D eigenvalue weighted by molar-refractivity contribution is -0.144. The van der Waals surface area contributed by atoms with Gasteiger partial charge in [0.1, 0.15) is 0 Å². The number of aliphatic carboxylic acids is 1. The average Bonchev–Trinajstić information content (AvgIpc) is 3.03. The first-order chi connectivity index (χ1) is 25.9. The number of hydrogen-bond acceptors (Lipinski definition) is 5. The van der Waals surface area contributed by atoms with Crippen LogP contribution in [0.3, 0.4) is 0 Å². The number of nitrogen functional groups attached to an aromatic ring is 1. The molecule has 2 aromatic rings. The van der Waals surface area contributed by atoms with Crippen LogP contribution < -0.4 is 11.1 Å². The van der Waals surface area contributed by atoms with Crippen molar-refractivity contribution in [3.8, 4) is 0 Å². The monoisotopic (exact) mass is 797 g/mol. The zero-order valence-electron chi connectivity index (χ0n) is 39.4. The Balaban J connectivity index is 0.000000933. The zero-order chi connectivity index (χ0) is 44.4. The summed E-state index contributed by atoms with van der Waals surface area (Å²) < 4.78 is 0. The van der Waals surface area contributed by atoms with Gasteiger partial charge in [0, 0.05) is 17.3 Å². The van der Waals surface area contributed by atoms with Crippen molar-refractivity contribution in [1.82, 2.24) is 0 Å². The number of nitrogens with one attached hydrogen (secondary N) is 1. The molecule has 0 aliphatic carbocycles. The van der Waals surface area contributed by atoms with Gasteiger partial charge in [0.2, 0.25) is 5.91 Å². The summed E-state index contributed by atoms with van der Waals surface area (Å²) in [6.07, 6.45) is 8.17. The lowest BCUT2D eigenvalue weighted by Crippen LogP contribution is -2.31. The molecule has 0 saturated carbocycles. The highest BCUT2D eigenvalue weighted by Gasteiger charge is 2.30. The molecule has 2 aromatic carbocycles. The van der Waals surface area contributed by atoms with Gasteiger partial charge in [-0.25, -0.2) is 0 Å². The standard InChI is InChI=1S/C25H43NO2.C18H36O2.C7H9NO/c1-18(15-24(3,4)5)9-14-22(19(2)16-25(6,7)8)23(28)26-21-12-10-20(17-27)11-13-21;1-13(11-17(3,4)5)9-10-15(16(19)20)14(2)12-18(6,7)8;8-7-3-1-6(5-9)2-4-7/h10-13,18-19,22,27H,9,14-17H2,1-8H3,(H,26,28);13-15H,9-12H2,1-8H3,(H,19,20);1-4,9H,5,8H2. The first kappa shape index (κ1) is 54.1. The van der Waals surface area contributed by atoms with Gasteiger partial charge in [0.15, 0.2) is 0 Å².